The third kappa shape index (κ3) is 3.17. The van der Waals surface area contributed by atoms with Crippen LogP contribution < -0.4 is 5.32 Å². The van der Waals surface area contributed by atoms with Gasteiger partial charge in [-0.15, -0.1) is 5.06 Å². The summed E-state index contributed by atoms with van der Waals surface area (Å²) in [6.45, 7) is 7.33. The normalized spacial score (nSPS) is 20.1. The summed E-state index contributed by atoms with van der Waals surface area (Å²) < 4.78 is 0. The maximum absolute atomic E-state index is 10.9. The lowest BCUT2D eigenvalue weighted by Gasteiger charge is -2.36. The fourth-order valence-electron chi connectivity index (χ4n) is 2.35. The predicted octanol–water partition coefficient (Wildman–Crippen LogP) is 2.94. The zero-order valence-electron chi connectivity index (χ0n) is 11.5. The molecule has 1 aromatic rings. The molecule has 0 saturated heterocycles. The molecule has 1 aromatic carbocycles. The van der Waals surface area contributed by atoms with Crippen LogP contribution in [-0.2, 0) is 11.4 Å². The van der Waals surface area contributed by atoms with Crippen LogP contribution >= 0.6 is 0 Å². The maximum Gasteiger partial charge on any atom is 0.525 e. The Morgan fingerprint density at radius 1 is 1.42 bits per heavy atom. The molecule has 19 heavy (non-hydrogen) atoms. The Hall–Kier alpha value is -1.75. The minimum Gasteiger partial charge on any atom is -0.448 e. The molecule has 0 aromatic heterocycles. The van der Waals surface area contributed by atoms with Crippen molar-refractivity contribution in [1.82, 2.24) is 5.06 Å². The molecule has 5 nitrogen and oxygen atoms in total. The van der Waals surface area contributed by atoms with E-state index in [1.54, 1.807) is 5.06 Å². The van der Waals surface area contributed by atoms with Crippen molar-refractivity contribution in [3.05, 3.63) is 29.8 Å². The van der Waals surface area contributed by atoms with E-state index in [4.69, 9.17) is 9.94 Å². The molecule has 0 spiro atoms. The van der Waals surface area contributed by atoms with E-state index in [-0.39, 0.29) is 11.5 Å². The van der Waals surface area contributed by atoms with Gasteiger partial charge in [0.1, 0.15) is 0 Å². The molecular weight excluding hydrogens is 244 g/mol. The van der Waals surface area contributed by atoms with Gasteiger partial charge in [0, 0.05) is 12.2 Å². The first kappa shape index (κ1) is 13.7. The van der Waals surface area contributed by atoms with Gasteiger partial charge in [-0.25, -0.2) is 4.79 Å². The van der Waals surface area contributed by atoms with Gasteiger partial charge in [0.15, 0.2) is 0 Å². The van der Waals surface area contributed by atoms with E-state index in [0.29, 0.717) is 13.1 Å². The van der Waals surface area contributed by atoms with E-state index in [2.05, 4.69) is 26.1 Å². The van der Waals surface area contributed by atoms with Crippen molar-refractivity contribution in [3.8, 4) is 0 Å². The lowest BCUT2D eigenvalue weighted by atomic mass is 9.86. The van der Waals surface area contributed by atoms with Crippen molar-refractivity contribution in [2.75, 3.05) is 11.9 Å². The van der Waals surface area contributed by atoms with Crippen LogP contribution in [0.4, 0.5) is 10.5 Å². The van der Waals surface area contributed by atoms with Gasteiger partial charge in [-0.1, -0.05) is 39.0 Å². The SMILES string of the molecule is CC(C)(C)C1CNc2ccccc2CN1OC(=O)O. The third-order valence-electron chi connectivity index (χ3n) is 3.37. The topological polar surface area (TPSA) is 61.8 Å². The molecule has 0 saturated carbocycles. The molecule has 1 heterocycles. The number of anilines is 1. The van der Waals surface area contributed by atoms with Crippen LogP contribution in [0.1, 0.15) is 26.3 Å². The number of hydroxylamine groups is 2. The Morgan fingerprint density at radius 2 is 2.11 bits per heavy atom. The lowest BCUT2D eigenvalue weighted by Crippen LogP contribution is -2.47. The number of hydrogen-bond acceptors (Lipinski definition) is 4. The van der Waals surface area contributed by atoms with Gasteiger partial charge in [-0.05, 0) is 17.0 Å². The van der Waals surface area contributed by atoms with Crippen LogP contribution in [0, 0.1) is 5.41 Å². The molecule has 5 heteroatoms. The van der Waals surface area contributed by atoms with Crippen LogP contribution in [0.2, 0.25) is 0 Å². The average Bonchev–Trinajstić information content (AvgIpc) is 2.46. The predicted molar refractivity (Wildman–Crippen MR) is 72.8 cm³/mol. The molecule has 1 atom stereocenters. The monoisotopic (exact) mass is 264 g/mol. The summed E-state index contributed by atoms with van der Waals surface area (Å²) in [5, 5.41) is 13.8. The van der Waals surface area contributed by atoms with E-state index in [1.165, 1.54) is 0 Å². The van der Waals surface area contributed by atoms with Gasteiger partial charge in [0.05, 0.1) is 12.6 Å². The Bertz CT molecular complexity index is 468. The highest BCUT2D eigenvalue weighted by atomic mass is 16.8. The molecule has 104 valence electrons. The molecule has 1 aliphatic heterocycles. The second kappa shape index (κ2) is 5.09. The Labute approximate surface area is 113 Å². The molecule has 2 rings (SSSR count). The quantitative estimate of drug-likeness (QED) is 0.816. The largest absolute Gasteiger partial charge is 0.525 e. The molecule has 1 aliphatic rings. The lowest BCUT2D eigenvalue weighted by molar-refractivity contribution is -0.171. The van der Waals surface area contributed by atoms with Crippen molar-refractivity contribution in [2.24, 2.45) is 5.41 Å². The zero-order chi connectivity index (χ0) is 14.0. The van der Waals surface area contributed by atoms with E-state index in [9.17, 15) is 4.79 Å². The van der Waals surface area contributed by atoms with Crippen molar-refractivity contribution < 1.29 is 14.7 Å². The highest BCUT2D eigenvalue weighted by molar-refractivity contribution is 5.57. The van der Waals surface area contributed by atoms with Gasteiger partial charge in [-0.3, -0.25) is 0 Å². The zero-order valence-corrected chi connectivity index (χ0v) is 11.5. The number of hydrogen-bond donors (Lipinski definition) is 2. The Balaban J connectivity index is 2.30. The van der Waals surface area contributed by atoms with Crippen LogP contribution in [0.15, 0.2) is 24.3 Å². The van der Waals surface area contributed by atoms with E-state index < -0.39 is 6.16 Å². The maximum atomic E-state index is 10.9. The molecule has 1 unspecified atom stereocenters. The number of para-hydroxylation sites is 1. The van der Waals surface area contributed by atoms with E-state index >= 15 is 0 Å². The average molecular weight is 264 g/mol. The summed E-state index contributed by atoms with van der Waals surface area (Å²) in [7, 11) is 0. The van der Waals surface area contributed by atoms with Gasteiger partial charge >= 0.3 is 6.16 Å². The number of nitrogens with zero attached hydrogens (tertiary/aromatic N) is 1. The standard InChI is InChI=1S/C14H20N2O3/c1-14(2,3)12-8-15-11-7-5-4-6-10(11)9-16(12)19-13(17)18/h4-7,12,15H,8-9H2,1-3H3,(H,17,18). The molecular formula is C14H20N2O3. The first-order valence-corrected chi connectivity index (χ1v) is 6.37. The number of fused-ring (bicyclic) bond motifs is 1. The van der Waals surface area contributed by atoms with Gasteiger partial charge < -0.3 is 15.3 Å². The van der Waals surface area contributed by atoms with Crippen molar-refractivity contribution in [3.63, 3.8) is 0 Å². The third-order valence-corrected chi connectivity index (χ3v) is 3.37. The van der Waals surface area contributed by atoms with E-state index in [0.717, 1.165) is 11.3 Å². The number of nitrogens with one attached hydrogen (secondary N) is 1. The van der Waals surface area contributed by atoms with Gasteiger partial charge in [0.2, 0.25) is 0 Å². The van der Waals surface area contributed by atoms with Crippen LogP contribution in [0.3, 0.4) is 0 Å². The molecule has 0 bridgehead atoms. The Morgan fingerprint density at radius 3 is 2.74 bits per heavy atom. The first-order valence-electron chi connectivity index (χ1n) is 6.37. The Kier molecular flexibility index (Phi) is 3.66. The first-order chi connectivity index (χ1) is 8.88. The number of carbonyl (C=O) groups is 1. The molecule has 0 aliphatic carbocycles. The summed E-state index contributed by atoms with van der Waals surface area (Å²) in [4.78, 5) is 15.9. The summed E-state index contributed by atoms with van der Waals surface area (Å²) in [5.41, 5.74) is 1.98. The number of benzene rings is 1. The molecule has 0 radical (unpaired) electrons. The van der Waals surface area contributed by atoms with Crippen molar-refractivity contribution >= 4 is 11.8 Å². The number of rotatable bonds is 1. The summed E-state index contributed by atoms with van der Waals surface area (Å²) >= 11 is 0. The minimum atomic E-state index is -1.27. The fourth-order valence-corrected chi connectivity index (χ4v) is 2.35. The molecule has 0 amide bonds. The van der Waals surface area contributed by atoms with E-state index in [1.807, 2.05) is 24.3 Å². The van der Waals surface area contributed by atoms with Crippen LogP contribution in [0.25, 0.3) is 0 Å². The van der Waals surface area contributed by atoms with Crippen molar-refractivity contribution in [1.29, 1.82) is 0 Å². The molecule has 0 fully saturated rings. The summed E-state index contributed by atoms with van der Waals surface area (Å²) in [6.07, 6.45) is -1.27. The van der Waals surface area contributed by atoms with Gasteiger partial charge in [0.25, 0.3) is 0 Å². The highest BCUT2D eigenvalue weighted by Crippen LogP contribution is 2.31. The second-order valence-corrected chi connectivity index (χ2v) is 5.85. The fraction of sp³-hybridized carbons (Fsp3) is 0.500. The highest BCUT2D eigenvalue weighted by Gasteiger charge is 2.35. The summed E-state index contributed by atoms with van der Waals surface area (Å²) in [6, 6.07) is 7.85. The van der Waals surface area contributed by atoms with Crippen LogP contribution in [0.5, 0.6) is 0 Å². The molecule has 2 N–H and O–H groups in total. The smallest absolute Gasteiger partial charge is 0.448 e. The van der Waals surface area contributed by atoms with Crippen LogP contribution in [-0.4, -0.2) is 28.9 Å². The minimum absolute atomic E-state index is 0.0315. The van der Waals surface area contributed by atoms with Gasteiger partial charge in [-0.2, -0.15) is 0 Å². The summed E-state index contributed by atoms with van der Waals surface area (Å²) in [5.74, 6) is 0. The number of carboxylic acid groups (broad SMARTS) is 1. The van der Waals surface area contributed by atoms with Crippen molar-refractivity contribution in [2.45, 2.75) is 33.4 Å². The second-order valence-electron chi connectivity index (χ2n) is 5.85.